The first-order valence-corrected chi connectivity index (χ1v) is 12.0. The molecule has 0 aromatic heterocycles. The molecule has 0 spiro atoms. The summed E-state index contributed by atoms with van der Waals surface area (Å²) in [5.74, 6) is -0.946. The molecule has 1 fully saturated rings. The number of nitro benzene ring substituents is 1. The second-order valence-electron chi connectivity index (χ2n) is 7.92. The van der Waals surface area contributed by atoms with E-state index in [1.54, 1.807) is 0 Å². The van der Waals surface area contributed by atoms with E-state index in [0.717, 1.165) is 31.7 Å². The Morgan fingerprint density at radius 1 is 1.12 bits per heavy atom. The van der Waals surface area contributed by atoms with Crippen molar-refractivity contribution in [3.05, 3.63) is 64.2 Å². The van der Waals surface area contributed by atoms with Gasteiger partial charge in [0.2, 0.25) is 0 Å². The molecule has 2 unspecified atom stereocenters. The molecule has 3 rings (SSSR count). The molecule has 2 aromatic rings. The van der Waals surface area contributed by atoms with Crippen molar-refractivity contribution in [1.29, 1.82) is 0 Å². The molecule has 0 radical (unpaired) electrons. The molecule has 0 bridgehead atoms. The highest BCUT2D eigenvalue weighted by atomic mass is 32.2. The Kier molecular flexibility index (Phi) is 7.64. The van der Waals surface area contributed by atoms with E-state index in [0.29, 0.717) is 5.92 Å². The topological polar surface area (TPSA) is 145 Å². The highest BCUT2D eigenvalue weighted by Crippen LogP contribution is 2.25. The highest BCUT2D eigenvalue weighted by molar-refractivity contribution is 7.92. The molecule has 176 valence electrons. The third kappa shape index (κ3) is 6.28. The number of nitrogens with zero attached hydrogens (tertiary/aromatic N) is 1. The summed E-state index contributed by atoms with van der Waals surface area (Å²) in [5.41, 5.74) is -0.551. The van der Waals surface area contributed by atoms with Crippen molar-refractivity contribution >= 4 is 33.3 Å². The van der Waals surface area contributed by atoms with Crippen molar-refractivity contribution in [2.24, 2.45) is 5.92 Å². The van der Waals surface area contributed by atoms with Crippen LogP contribution in [0.1, 0.15) is 43.0 Å². The Hall–Kier alpha value is -3.47. The number of amides is 1. The second-order valence-corrected chi connectivity index (χ2v) is 9.60. The molecule has 11 heteroatoms. The number of carbonyl (C=O) groups excluding carboxylic acids is 2. The molecule has 2 atom stereocenters. The summed E-state index contributed by atoms with van der Waals surface area (Å²) < 4.78 is 32.8. The van der Waals surface area contributed by atoms with Crippen LogP contribution in [0.2, 0.25) is 0 Å². The Morgan fingerprint density at radius 3 is 2.58 bits per heavy atom. The van der Waals surface area contributed by atoms with Gasteiger partial charge in [-0.25, -0.2) is 13.2 Å². The van der Waals surface area contributed by atoms with Crippen LogP contribution in [0.3, 0.4) is 0 Å². The summed E-state index contributed by atoms with van der Waals surface area (Å²) in [6.07, 6.45) is 4.07. The van der Waals surface area contributed by atoms with E-state index in [-0.39, 0.29) is 27.9 Å². The average molecular weight is 476 g/mol. The van der Waals surface area contributed by atoms with Gasteiger partial charge in [0.05, 0.1) is 21.1 Å². The smallest absolute Gasteiger partial charge is 0.340 e. The van der Waals surface area contributed by atoms with Gasteiger partial charge in [0.25, 0.3) is 21.6 Å². The molecule has 0 aliphatic heterocycles. The van der Waals surface area contributed by atoms with E-state index in [1.807, 2.05) is 0 Å². The monoisotopic (exact) mass is 475 g/mol. The molecule has 2 aromatic carbocycles. The van der Waals surface area contributed by atoms with Crippen LogP contribution in [0.5, 0.6) is 0 Å². The number of non-ortho nitro benzene ring substituents is 1. The van der Waals surface area contributed by atoms with E-state index < -0.39 is 33.4 Å². The fraction of sp³-hybridized carbons (Fsp3) is 0.364. The van der Waals surface area contributed by atoms with Gasteiger partial charge in [-0.2, -0.15) is 0 Å². The number of hydrogen-bond donors (Lipinski definition) is 2. The minimum Gasteiger partial charge on any atom is -0.452 e. The fourth-order valence-corrected chi connectivity index (χ4v) is 4.83. The lowest BCUT2D eigenvalue weighted by Crippen LogP contribution is -2.42. The zero-order valence-corrected chi connectivity index (χ0v) is 18.8. The molecule has 0 saturated heterocycles. The van der Waals surface area contributed by atoms with E-state index in [4.69, 9.17) is 4.74 Å². The lowest BCUT2D eigenvalue weighted by Gasteiger charge is -2.29. The largest absolute Gasteiger partial charge is 0.452 e. The van der Waals surface area contributed by atoms with Crippen LogP contribution in [0.25, 0.3) is 0 Å². The predicted octanol–water partition coefficient (Wildman–Crippen LogP) is 3.25. The number of para-hydroxylation sites is 1. The van der Waals surface area contributed by atoms with Gasteiger partial charge in [-0.3, -0.25) is 19.6 Å². The Labute approximate surface area is 191 Å². The van der Waals surface area contributed by atoms with Gasteiger partial charge in [0.1, 0.15) is 0 Å². The van der Waals surface area contributed by atoms with Crippen LogP contribution in [-0.2, 0) is 19.6 Å². The second kappa shape index (κ2) is 10.4. The summed E-state index contributed by atoms with van der Waals surface area (Å²) in [5, 5.41) is 13.8. The highest BCUT2D eigenvalue weighted by Gasteiger charge is 2.24. The normalized spacial score (nSPS) is 18.2. The lowest BCUT2D eigenvalue weighted by molar-refractivity contribution is -0.385. The SMILES string of the molecule is CC1CCCCC1NC(=O)COC(=O)c1ccccc1NS(=O)(=O)c1cccc([N+](=O)[O-])c1. The summed E-state index contributed by atoms with van der Waals surface area (Å²) in [7, 11) is -4.22. The van der Waals surface area contributed by atoms with Gasteiger partial charge in [-0.15, -0.1) is 0 Å². The maximum absolute atomic E-state index is 12.7. The van der Waals surface area contributed by atoms with Crippen molar-refractivity contribution in [3.63, 3.8) is 0 Å². The molecular weight excluding hydrogens is 450 g/mol. The van der Waals surface area contributed by atoms with Crippen molar-refractivity contribution in [2.45, 2.75) is 43.5 Å². The average Bonchev–Trinajstić information content (AvgIpc) is 2.79. The number of anilines is 1. The molecule has 1 amide bonds. The van der Waals surface area contributed by atoms with E-state index in [2.05, 4.69) is 17.0 Å². The van der Waals surface area contributed by atoms with E-state index in [1.165, 1.54) is 42.5 Å². The molecule has 1 aliphatic rings. The Morgan fingerprint density at radius 2 is 1.85 bits per heavy atom. The number of hydrogen-bond acceptors (Lipinski definition) is 7. The number of esters is 1. The summed E-state index contributed by atoms with van der Waals surface area (Å²) in [4.78, 5) is 34.7. The Balaban J connectivity index is 1.68. The van der Waals surface area contributed by atoms with Gasteiger partial charge < -0.3 is 10.1 Å². The molecule has 2 N–H and O–H groups in total. The zero-order valence-electron chi connectivity index (χ0n) is 18.0. The predicted molar refractivity (Wildman–Crippen MR) is 120 cm³/mol. The number of rotatable bonds is 8. The standard InChI is InChI=1S/C22H25N3O7S/c1-15-7-2-4-11-19(15)23-21(26)14-32-22(27)18-10-3-5-12-20(18)24-33(30,31)17-9-6-8-16(13-17)25(28)29/h3,5-6,8-10,12-13,15,19,24H,2,4,7,11,14H2,1H3,(H,23,26). The van der Waals surface area contributed by atoms with Gasteiger partial charge in [0.15, 0.2) is 6.61 Å². The molecular formula is C22H25N3O7S. The summed E-state index contributed by atoms with van der Waals surface area (Å²) in [6.45, 7) is 1.58. The van der Waals surface area contributed by atoms with Gasteiger partial charge in [-0.1, -0.05) is 38.0 Å². The quantitative estimate of drug-likeness (QED) is 0.339. The van der Waals surface area contributed by atoms with Crippen LogP contribution in [0, 0.1) is 16.0 Å². The van der Waals surface area contributed by atoms with Crippen LogP contribution in [0.4, 0.5) is 11.4 Å². The number of nitro groups is 1. The van der Waals surface area contributed by atoms with E-state index >= 15 is 0 Å². The third-order valence-corrected chi connectivity index (χ3v) is 6.89. The zero-order chi connectivity index (χ0) is 24.0. The Bertz CT molecular complexity index is 1150. The number of ether oxygens (including phenoxy) is 1. The van der Waals surface area contributed by atoms with Crippen molar-refractivity contribution in [3.8, 4) is 0 Å². The number of sulfonamides is 1. The van der Waals surface area contributed by atoms with Crippen LogP contribution in [0.15, 0.2) is 53.4 Å². The molecule has 0 heterocycles. The van der Waals surface area contributed by atoms with Gasteiger partial charge in [0, 0.05) is 18.2 Å². The first kappa shape index (κ1) is 24.2. The lowest BCUT2D eigenvalue weighted by atomic mass is 9.86. The number of benzene rings is 2. The number of nitrogens with one attached hydrogen (secondary N) is 2. The van der Waals surface area contributed by atoms with Crippen molar-refractivity contribution < 1.29 is 27.7 Å². The first-order chi connectivity index (χ1) is 15.7. The maximum Gasteiger partial charge on any atom is 0.340 e. The molecule has 10 nitrogen and oxygen atoms in total. The fourth-order valence-electron chi connectivity index (χ4n) is 3.71. The van der Waals surface area contributed by atoms with Crippen LogP contribution < -0.4 is 10.0 Å². The van der Waals surface area contributed by atoms with Crippen LogP contribution >= 0.6 is 0 Å². The number of carbonyl (C=O) groups is 2. The van der Waals surface area contributed by atoms with Gasteiger partial charge >= 0.3 is 5.97 Å². The molecule has 33 heavy (non-hydrogen) atoms. The van der Waals surface area contributed by atoms with E-state index in [9.17, 15) is 28.1 Å². The minimum atomic E-state index is -4.22. The van der Waals surface area contributed by atoms with Gasteiger partial charge in [-0.05, 0) is 37.0 Å². The maximum atomic E-state index is 12.7. The molecule has 1 saturated carbocycles. The first-order valence-electron chi connectivity index (χ1n) is 10.5. The molecule has 1 aliphatic carbocycles. The summed E-state index contributed by atoms with van der Waals surface area (Å²) >= 11 is 0. The van der Waals surface area contributed by atoms with Crippen molar-refractivity contribution in [2.75, 3.05) is 11.3 Å². The van der Waals surface area contributed by atoms with Crippen LogP contribution in [-0.4, -0.2) is 37.9 Å². The third-order valence-electron chi connectivity index (χ3n) is 5.52. The summed E-state index contributed by atoms with van der Waals surface area (Å²) in [6, 6.07) is 10.3. The minimum absolute atomic E-state index is 0.0407. The van der Waals surface area contributed by atoms with Crippen molar-refractivity contribution in [1.82, 2.24) is 5.32 Å².